The summed E-state index contributed by atoms with van der Waals surface area (Å²) >= 11 is 3.44. The third-order valence-corrected chi connectivity index (χ3v) is 6.10. The van der Waals surface area contributed by atoms with Gasteiger partial charge in [-0.1, -0.05) is 22.0 Å². The first-order valence-electron chi connectivity index (χ1n) is 10.4. The van der Waals surface area contributed by atoms with Gasteiger partial charge in [0.2, 0.25) is 0 Å². The van der Waals surface area contributed by atoms with Crippen molar-refractivity contribution in [2.24, 2.45) is 5.73 Å². The van der Waals surface area contributed by atoms with Crippen molar-refractivity contribution >= 4 is 27.8 Å². The van der Waals surface area contributed by atoms with Crippen molar-refractivity contribution in [3.8, 4) is 5.75 Å². The lowest BCUT2D eigenvalue weighted by molar-refractivity contribution is 0.0973. The normalized spacial score (nSPS) is 18.3. The Morgan fingerprint density at radius 1 is 1.23 bits per heavy atom. The van der Waals surface area contributed by atoms with Crippen LogP contribution in [0.5, 0.6) is 5.75 Å². The summed E-state index contributed by atoms with van der Waals surface area (Å²) in [5.74, 6) is -0.304. The Balaban J connectivity index is 1.68. The number of halogens is 2. The Labute approximate surface area is 190 Å². The second kappa shape index (κ2) is 10.7. The van der Waals surface area contributed by atoms with E-state index in [1.54, 1.807) is 13.2 Å². The number of aryl methyl sites for hydroxylation is 1. The van der Waals surface area contributed by atoms with E-state index in [0.717, 1.165) is 35.7 Å². The van der Waals surface area contributed by atoms with Gasteiger partial charge in [0.05, 0.1) is 7.11 Å². The van der Waals surface area contributed by atoms with Gasteiger partial charge in [0.15, 0.2) is 5.96 Å². The molecule has 0 atom stereocenters. The van der Waals surface area contributed by atoms with E-state index >= 15 is 0 Å². The fourth-order valence-corrected chi connectivity index (χ4v) is 4.32. The first-order valence-corrected chi connectivity index (χ1v) is 11.2. The fourth-order valence-electron chi connectivity index (χ4n) is 3.91. The maximum atomic E-state index is 14.6. The quantitative estimate of drug-likeness (QED) is 0.364. The van der Waals surface area contributed by atoms with Gasteiger partial charge in [0.25, 0.3) is 5.91 Å². The molecule has 8 heteroatoms. The minimum absolute atomic E-state index is 0.0747. The third kappa shape index (κ3) is 6.27. The summed E-state index contributed by atoms with van der Waals surface area (Å²) in [5.41, 5.74) is 7.37. The second-order valence-corrected chi connectivity index (χ2v) is 8.72. The molecule has 0 heterocycles. The van der Waals surface area contributed by atoms with Gasteiger partial charge in [-0.3, -0.25) is 15.5 Å². The molecule has 2 aromatic carbocycles. The summed E-state index contributed by atoms with van der Waals surface area (Å²) in [4.78, 5) is 12.8. The Kier molecular flexibility index (Phi) is 8.03. The lowest BCUT2D eigenvalue weighted by Gasteiger charge is -2.27. The molecule has 0 bridgehead atoms. The molecule has 1 saturated carbocycles. The van der Waals surface area contributed by atoms with Crippen LogP contribution >= 0.6 is 15.9 Å². The molecule has 1 aliphatic carbocycles. The monoisotopic (exact) mass is 490 g/mol. The highest BCUT2D eigenvalue weighted by atomic mass is 79.9. The van der Waals surface area contributed by atoms with Crippen molar-refractivity contribution in [3.63, 3.8) is 0 Å². The molecule has 1 amide bonds. The highest BCUT2D eigenvalue weighted by molar-refractivity contribution is 9.10. The number of methoxy groups -OCH3 is 1. The average Bonchev–Trinajstić information content (AvgIpc) is 2.74. The number of hydrogen-bond donors (Lipinski definition) is 4. The molecule has 1 aliphatic rings. The summed E-state index contributed by atoms with van der Waals surface area (Å²) < 4.78 is 20.9. The first kappa shape index (κ1) is 23.2. The molecule has 0 aliphatic heterocycles. The minimum Gasteiger partial charge on any atom is -0.496 e. The van der Waals surface area contributed by atoms with Crippen molar-refractivity contribution in [2.45, 2.75) is 50.6 Å². The fraction of sp³-hybridized carbons (Fsp3) is 0.391. The van der Waals surface area contributed by atoms with Gasteiger partial charge in [-0.2, -0.15) is 0 Å². The van der Waals surface area contributed by atoms with Crippen LogP contribution in [0, 0.1) is 11.2 Å². The van der Waals surface area contributed by atoms with E-state index in [0.29, 0.717) is 24.2 Å². The zero-order valence-electron chi connectivity index (χ0n) is 17.5. The van der Waals surface area contributed by atoms with Crippen LogP contribution in [0.25, 0.3) is 0 Å². The zero-order chi connectivity index (χ0) is 22.4. The van der Waals surface area contributed by atoms with Crippen molar-refractivity contribution < 1.29 is 13.9 Å². The number of hydrogen-bond acceptors (Lipinski definition) is 4. The molecule has 0 radical (unpaired) electrons. The number of carbonyl (C=O) groups is 1. The standard InChI is InChI=1S/C23H28BrFN4O2/c1-31-21-12-6-15(24)13-14(21)5-11-18-19(3-2-4-20(18)25)22(30)29-23(27)28-17-9-7-16(26)8-10-17/h2-4,6,12-13,16-17H,5,7-11,26H2,1H3,(H3,27,28,29,30)/t16-,17-. The lowest BCUT2D eigenvalue weighted by Crippen LogP contribution is -2.47. The predicted octanol–water partition coefficient (Wildman–Crippen LogP) is 3.91. The Morgan fingerprint density at radius 2 is 1.97 bits per heavy atom. The first-order chi connectivity index (χ1) is 14.9. The number of benzene rings is 2. The lowest BCUT2D eigenvalue weighted by atomic mass is 9.92. The summed E-state index contributed by atoms with van der Waals surface area (Å²) in [5, 5.41) is 13.7. The molecule has 6 nitrogen and oxygen atoms in total. The third-order valence-electron chi connectivity index (χ3n) is 5.61. The molecule has 0 aromatic heterocycles. The van der Waals surface area contributed by atoms with Crippen LogP contribution in [-0.4, -0.2) is 31.1 Å². The van der Waals surface area contributed by atoms with E-state index in [2.05, 4.69) is 26.6 Å². The van der Waals surface area contributed by atoms with E-state index in [4.69, 9.17) is 15.9 Å². The van der Waals surface area contributed by atoms with Crippen LogP contribution in [0.1, 0.15) is 47.2 Å². The highest BCUT2D eigenvalue weighted by Gasteiger charge is 2.21. The second-order valence-electron chi connectivity index (χ2n) is 7.81. The van der Waals surface area contributed by atoms with Gasteiger partial charge in [-0.05, 0) is 74.4 Å². The Bertz CT molecular complexity index is 945. The number of amides is 1. The molecule has 2 aromatic rings. The van der Waals surface area contributed by atoms with E-state index in [1.807, 2.05) is 18.2 Å². The molecule has 31 heavy (non-hydrogen) atoms. The maximum Gasteiger partial charge on any atom is 0.258 e. The van der Waals surface area contributed by atoms with Crippen LogP contribution in [0.3, 0.4) is 0 Å². The van der Waals surface area contributed by atoms with Crippen molar-refractivity contribution in [1.29, 1.82) is 5.41 Å². The van der Waals surface area contributed by atoms with Crippen molar-refractivity contribution in [3.05, 3.63) is 63.4 Å². The smallest absolute Gasteiger partial charge is 0.258 e. The number of guanidine groups is 1. The Morgan fingerprint density at radius 3 is 2.68 bits per heavy atom. The average molecular weight is 491 g/mol. The minimum atomic E-state index is -0.499. The molecule has 5 N–H and O–H groups in total. The number of nitrogens with one attached hydrogen (secondary N) is 3. The molecule has 0 unspecified atom stereocenters. The van der Waals surface area contributed by atoms with E-state index in [1.165, 1.54) is 12.1 Å². The SMILES string of the molecule is COc1ccc(Br)cc1CCc1c(F)cccc1C(=O)NC(=N)N[C@H]1CC[C@H](N)CC1. The molecular weight excluding hydrogens is 463 g/mol. The molecule has 3 rings (SSSR count). The number of ether oxygens (including phenoxy) is 1. The van der Waals surface area contributed by atoms with Crippen LogP contribution in [-0.2, 0) is 12.8 Å². The largest absolute Gasteiger partial charge is 0.496 e. The van der Waals surface area contributed by atoms with Gasteiger partial charge < -0.3 is 15.8 Å². The topological polar surface area (TPSA) is 100 Å². The highest BCUT2D eigenvalue weighted by Crippen LogP contribution is 2.25. The zero-order valence-corrected chi connectivity index (χ0v) is 19.1. The van der Waals surface area contributed by atoms with E-state index in [9.17, 15) is 9.18 Å². The van der Waals surface area contributed by atoms with E-state index in [-0.39, 0.29) is 23.6 Å². The van der Waals surface area contributed by atoms with Crippen LogP contribution in [0.2, 0.25) is 0 Å². The molecule has 166 valence electrons. The van der Waals surface area contributed by atoms with Crippen LogP contribution in [0.15, 0.2) is 40.9 Å². The molecule has 0 saturated heterocycles. The molecule has 1 fully saturated rings. The maximum absolute atomic E-state index is 14.6. The van der Waals surface area contributed by atoms with E-state index < -0.39 is 11.7 Å². The predicted molar refractivity (Wildman–Crippen MR) is 123 cm³/mol. The summed E-state index contributed by atoms with van der Waals surface area (Å²) in [7, 11) is 1.59. The van der Waals surface area contributed by atoms with Crippen LogP contribution in [0.4, 0.5) is 4.39 Å². The van der Waals surface area contributed by atoms with Crippen molar-refractivity contribution in [2.75, 3.05) is 7.11 Å². The summed E-state index contributed by atoms with van der Waals surface area (Å²) in [6, 6.07) is 10.4. The molecule has 0 spiro atoms. The van der Waals surface area contributed by atoms with Gasteiger partial charge in [0, 0.05) is 27.7 Å². The summed E-state index contributed by atoms with van der Waals surface area (Å²) in [6.45, 7) is 0. The number of nitrogens with two attached hydrogens (primary N) is 1. The van der Waals surface area contributed by atoms with Gasteiger partial charge >= 0.3 is 0 Å². The van der Waals surface area contributed by atoms with Gasteiger partial charge in [-0.15, -0.1) is 0 Å². The van der Waals surface area contributed by atoms with Crippen molar-refractivity contribution in [1.82, 2.24) is 10.6 Å². The Hall–Kier alpha value is -2.45. The van der Waals surface area contributed by atoms with Crippen LogP contribution < -0.4 is 21.1 Å². The molecular formula is C23H28BrFN4O2. The number of rotatable bonds is 6. The van der Waals surface area contributed by atoms with Gasteiger partial charge in [0.1, 0.15) is 11.6 Å². The van der Waals surface area contributed by atoms with Gasteiger partial charge in [-0.25, -0.2) is 4.39 Å². The number of carbonyl (C=O) groups excluding carboxylic acids is 1. The summed E-state index contributed by atoms with van der Waals surface area (Å²) in [6.07, 6.45) is 4.33.